The van der Waals surface area contributed by atoms with E-state index in [9.17, 15) is 4.79 Å². The molecule has 0 heterocycles. The van der Waals surface area contributed by atoms with Crippen molar-refractivity contribution < 1.29 is 9.53 Å². The van der Waals surface area contributed by atoms with Gasteiger partial charge in [-0.25, -0.2) is 4.79 Å². The van der Waals surface area contributed by atoms with Gasteiger partial charge in [-0.3, -0.25) is 0 Å². The van der Waals surface area contributed by atoms with Gasteiger partial charge in [-0.2, -0.15) is 0 Å². The lowest BCUT2D eigenvalue weighted by molar-refractivity contribution is -0.150. The van der Waals surface area contributed by atoms with Gasteiger partial charge in [-0.1, -0.05) is 110 Å². The first-order valence-electron chi connectivity index (χ1n) is 13.9. The minimum Gasteiger partial charge on any atom is -0.457 e. The molecule has 0 bridgehead atoms. The van der Waals surface area contributed by atoms with Crippen LogP contribution in [-0.4, -0.2) is 11.6 Å². The van der Waals surface area contributed by atoms with Gasteiger partial charge in [0.2, 0.25) is 0 Å². The van der Waals surface area contributed by atoms with Gasteiger partial charge in [0, 0.05) is 29.6 Å². The molecule has 206 valence electrons. The second kappa shape index (κ2) is 14.0. The zero-order chi connectivity index (χ0) is 28.4. The van der Waals surface area contributed by atoms with Crippen molar-refractivity contribution in [2.75, 3.05) is 4.90 Å². The highest BCUT2D eigenvalue weighted by molar-refractivity contribution is 8.02. The van der Waals surface area contributed by atoms with E-state index in [2.05, 4.69) is 109 Å². The molecule has 4 aromatic carbocycles. The largest absolute Gasteiger partial charge is 0.457 e. The van der Waals surface area contributed by atoms with Crippen LogP contribution in [0.25, 0.3) is 0 Å². The maximum Gasteiger partial charge on any atom is 0.335 e. The second-order valence-electron chi connectivity index (χ2n) is 10.9. The summed E-state index contributed by atoms with van der Waals surface area (Å²) in [5, 5.41) is 1.98. The highest BCUT2D eigenvalue weighted by Gasteiger charge is 2.27. The highest BCUT2D eigenvalue weighted by atomic mass is 32.2. The molecule has 0 aliphatic carbocycles. The molecule has 4 heteroatoms. The molecule has 0 saturated carbocycles. The van der Waals surface area contributed by atoms with E-state index in [0.717, 1.165) is 35.7 Å². The lowest BCUT2D eigenvalue weighted by Crippen LogP contribution is -2.27. The molecule has 0 amide bonds. The number of carbonyl (C=O) groups excluding carboxylic acids is 1. The van der Waals surface area contributed by atoms with Gasteiger partial charge < -0.3 is 9.64 Å². The Kier molecular flexibility index (Phi) is 10.3. The predicted molar refractivity (Wildman–Crippen MR) is 168 cm³/mol. The fourth-order valence-corrected chi connectivity index (χ4v) is 5.50. The molecule has 0 radical (unpaired) electrons. The fraction of sp³-hybridized carbons (Fsp3) is 0.250. The first kappa shape index (κ1) is 29.2. The first-order valence-corrected chi connectivity index (χ1v) is 14.8. The molecule has 0 aliphatic rings. The van der Waals surface area contributed by atoms with Gasteiger partial charge in [0.15, 0.2) is 0 Å². The Bertz CT molecular complexity index is 1340. The van der Waals surface area contributed by atoms with Crippen molar-refractivity contribution in [2.45, 2.75) is 63.6 Å². The van der Waals surface area contributed by atoms with Crippen LogP contribution in [0, 0.1) is 0 Å². The van der Waals surface area contributed by atoms with Crippen molar-refractivity contribution in [3.8, 4) is 0 Å². The average Bonchev–Trinajstić information content (AvgIpc) is 2.95. The molecule has 0 spiro atoms. The van der Waals surface area contributed by atoms with Crippen LogP contribution in [0.5, 0.6) is 0 Å². The third kappa shape index (κ3) is 8.62. The number of carbonyl (C=O) groups is 1. The normalized spacial score (nSPS) is 12.6. The van der Waals surface area contributed by atoms with Crippen molar-refractivity contribution in [2.24, 2.45) is 0 Å². The van der Waals surface area contributed by atoms with Crippen LogP contribution in [-0.2, 0) is 22.6 Å². The molecule has 4 aromatic rings. The molecule has 0 aliphatic heterocycles. The van der Waals surface area contributed by atoms with Crippen molar-refractivity contribution in [3.05, 3.63) is 143 Å². The second-order valence-corrected chi connectivity index (χ2v) is 11.8. The van der Waals surface area contributed by atoms with E-state index in [1.54, 1.807) is 11.8 Å². The Hall–Kier alpha value is -3.76. The highest BCUT2D eigenvalue weighted by Crippen LogP contribution is 2.35. The number of hydrogen-bond acceptors (Lipinski definition) is 4. The summed E-state index contributed by atoms with van der Waals surface area (Å²) in [5.74, 6) is -0.361. The standard InChI is InChI=1S/C36H39NO2S/c1-5-33(34(35(38)39-36(2,3)4)27-40-32-22-13-8-14-23-32)30-20-15-21-31(24-30)37(25-28-16-9-6-10-17-28)26-29-18-11-7-12-19-29/h6-24,27,33H,5,25-26H2,1-4H3/t33-/m1/s1. The minimum atomic E-state index is -0.574. The summed E-state index contributed by atoms with van der Waals surface area (Å²) in [6.07, 6.45) is 0.779. The zero-order valence-corrected chi connectivity index (χ0v) is 24.7. The summed E-state index contributed by atoms with van der Waals surface area (Å²) in [4.78, 5) is 17.0. The summed E-state index contributed by atoms with van der Waals surface area (Å²) in [5.41, 5.74) is 4.85. The van der Waals surface area contributed by atoms with E-state index in [-0.39, 0.29) is 11.9 Å². The predicted octanol–water partition coefficient (Wildman–Crippen LogP) is 9.40. The Morgan fingerprint density at radius 3 is 1.88 bits per heavy atom. The van der Waals surface area contributed by atoms with Crippen LogP contribution in [0.1, 0.15) is 56.7 Å². The number of esters is 1. The number of anilines is 1. The van der Waals surface area contributed by atoms with E-state index in [4.69, 9.17) is 4.74 Å². The van der Waals surface area contributed by atoms with Crippen LogP contribution >= 0.6 is 11.8 Å². The number of thioether (sulfide) groups is 1. The Labute approximate surface area is 243 Å². The monoisotopic (exact) mass is 549 g/mol. The Morgan fingerprint density at radius 2 is 1.35 bits per heavy atom. The summed E-state index contributed by atoms with van der Waals surface area (Å²) >= 11 is 1.56. The maximum absolute atomic E-state index is 13.5. The fourth-order valence-electron chi connectivity index (χ4n) is 4.66. The van der Waals surface area contributed by atoms with Crippen LogP contribution in [0.2, 0.25) is 0 Å². The molecule has 4 rings (SSSR count). The van der Waals surface area contributed by atoms with Crippen LogP contribution in [0.3, 0.4) is 0 Å². The summed E-state index contributed by atoms with van der Waals surface area (Å²) in [6.45, 7) is 9.45. The number of hydrogen-bond donors (Lipinski definition) is 0. The van der Waals surface area contributed by atoms with E-state index < -0.39 is 5.60 Å². The molecule has 40 heavy (non-hydrogen) atoms. The van der Waals surface area contributed by atoms with Crippen molar-refractivity contribution in [3.63, 3.8) is 0 Å². The SMILES string of the molecule is CC[C@@H](C(=CSc1ccccc1)C(=O)OC(C)(C)C)c1cccc(N(Cc2ccccc2)Cc2ccccc2)c1. The van der Waals surface area contributed by atoms with Crippen molar-refractivity contribution >= 4 is 23.4 Å². The minimum absolute atomic E-state index is 0.0960. The van der Waals surface area contributed by atoms with E-state index in [0.29, 0.717) is 5.57 Å². The molecule has 1 atom stereocenters. The van der Waals surface area contributed by atoms with Crippen molar-refractivity contribution in [1.29, 1.82) is 0 Å². The van der Waals surface area contributed by atoms with Gasteiger partial charge in [-0.05, 0) is 73.6 Å². The molecule has 0 unspecified atom stereocenters. The zero-order valence-electron chi connectivity index (χ0n) is 23.9. The Morgan fingerprint density at radius 1 is 0.800 bits per heavy atom. The van der Waals surface area contributed by atoms with Crippen molar-refractivity contribution in [1.82, 2.24) is 0 Å². The summed E-state index contributed by atoms with van der Waals surface area (Å²) in [6, 6.07) is 39.9. The van der Waals surface area contributed by atoms with Gasteiger partial charge >= 0.3 is 5.97 Å². The molecule has 0 N–H and O–H groups in total. The number of ether oxygens (including phenoxy) is 1. The average molecular weight is 550 g/mol. The number of nitrogens with zero attached hydrogens (tertiary/aromatic N) is 1. The molecular weight excluding hydrogens is 510 g/mol. The van der Waals surface area contributed by atoms with Gasteiger partial charge in [0.25, 0.3) is 0 Å². The molecule has 0 aromatic heterocycles. The van der Waals surface area contributed by atoms with Gasteiger partial charge in [0.05, 0.1) is 5.57 Å². The topological polar surface area (TPSA) is 29.5 Å². The lowest BCUT2D eigenvalue weighted by atomic mass is 9.89. The summed E-state index contributed by atoms with van der Waals surface area (Å²) < 4.78 is 5.90. The number of rotatable bonds is 11. The molecular formula is C36H39NO2S. The summed E-state index contributed by atoms with van der Waals surface area (Å²) in [7, 11) is 0. The Balaban J connectivity index is 1.69. The maximum atomic E-state index is 13.5. The quantitative estimate of drug-likeness (QED) is 0.106. The third-order valence-corrected chi connectivity index (χ3v) is 7.47. The van der Waals surface area contributed by atoms with Gasteiger partial charge in [0.1, 0.15) is 5.60 Å². The molecule has 0 saturated heterocycles. The van der Waals surface area contributed by atoms with Gasteiger partial charge in [-0.15, -0.1) is 0 Å². The van der Waals surface area contributed by atoms with E-state index in [1.165, 1.54) is 11.1 Å². The van der Waals surface area contributed by atoms with Crippen LogP contribution in [0.15, 0.2) is 131 Å². The smallest absolute Gasteiger partial charge is 0.335 e. The lowest BCUT2D eigenvalue weighted by Gasteiger charge is -2.28. The first-order chi connectivity index (χ1) is 19.3. The van der Waals surface area contributed by atoms with Crippen LogP contribution in [0.4, 0.5) is 5.69 Å². The molecule has 0 fully saturated rings. The van der Waals surface area contributed by atoms with E-state index >= 15 is 0 Å². The third-order valence-electron chi connectivity index (χ3n) is 6.55. The molecule has 3 nitrogen and oxygen atoms in total. The van der Waals surface area contributed by atoms with Crippen LogP contribution < -0.4 is 4.90 Å². The van der Waals surface area contributed by atoms with E-state index in [1.807, 2.05) is 44.4 Å². The number of benzene rings is 4.